The average molecular weight is 306 g/mol. The van der Waals surface area contributed by atoms with Crippen LogP contribution in [-0.2, 0) is 4.74 Å². The summed E-state index contributed by atoms with van der Waals surface area (Å²) < 4.78 is 11.5. The van der Waals surface area contributed by atoms with Gasteiger partial charge in [0.1, 0.15) is 5.02 Å². The van der Waals surface area contributed by atoms with Crippen LogP contribution in [0.4, 0.5) is 0 Å². The monoisotopic (exact) mass is 305 g/mol. The number of nitriles is 1. The summed E-state index contributed by atoms with van der Waals surface area (Å²) in [5.41, 5.74) is 1.12. The fourth-order valence-electron chi connectivity index (χ4n) is 1.74. The maximum Gasteiger partial charge on any atom is 0.360 e. The minimum absolute atomic E-state index is 0.0141. The number of esters is 1. The van der Waals surface area contributed by atoms with Crippen LogP contribution in [0, 0.1) is 11.3 Å². The second kappa shape index (κ2) is 6.29. The lowest BCUT2D eigenvalue weighted by molar-refractivity contribution is 0.0519. The molecule has 21 heavy (non-hydrogen) atoms. The molecule has 7 heteroatoms. The van der Waals surface area contributed by atoms with Gasteiger partial charge in [-0.25, -0.2) is 4.79 Å². The largest absolute Gasteiger partial charge is 0.480 e. The number of carbonyl (C=O) groups is 1. The van der Waals surface area contributed by atoms with Crippen LogP contribution in [0.5, 0.6) is 5.88 Å². The summed E-state index contributed by atoms with van der Waals surface area (Å²) in [6.45, 7) is 1.92. The summed E-state index contributed by atoms with van der Waals surface area (Å²) in [4.78, 5) is 11.8. The molecule has 2 rings (SSSR count). The van der Waals surface area contributed by atoms with Crippen molar-refractivity contribution in [1.82, 2.24) is 9.78 Å². The van der Waals surface area contributed by atoms with Crippen molar-refractivity contribution in [1.29, 1.82) is 5.26 Å². The number of ether oxygens (including phenoxy) is 2. The van der Waals surface area contributed by atoms with E-state index < -0.39 is 5.97 Å². The van der Waals surface area contributed by atoms with E-state index in [0.717, 1.165) is 0 Å². The van der Waals surface area contributed by atoms with Crippen molar-refractivity contribution in [3.05, 3.63) is 40.5 Å². The Morgan fingerprint density at radius 2 is 2.10 bits per heavy atom. The summed E-state index contributed by atoms with van der Waals surface area (Å²) in [6, 6.07) is 8.65. The Morgan fingerprint density at radius 1 is 1.43 bits per heavy atom. The topological polar surface area (TPSA) is 77.1 Å². The molecule has 0 aliphatic heterocycles. The normalized spacial score (nSPS) is 10.0. The number of aromatic nitrogens is 2. The molecular formula is C14H12ClN3O3. The number of nitrogens with zero attached hydrogens (tertiary/aromatic N) is 3. The van der Waals surface area contributed by atoms with Crippen molar-refractivity contribution in [2.45, 2.75) is 6.92 Å². The van der Waals surface area contributed by atoms with Crippen molar-refractivity contribution in [2.24, 2.45) is 0 Å². The molecule has 0 N–H and O–H groups in total. The smallest absolute Gasteiger partial charge is 0.360 e. The van der Waals surface area contributed by atoms with Gasteiger partial charge in [-0.2, -0.15) is 15.0 Å². The molecule has 0 atom stereocenters. The fraction of sp³-hybridized carbons (Fsp3) is 0.214. The Labute approximate surface area is 126 Å². The Morgan fingerprint density at radius 3 is 2.62 bits per heavy atom. The number of hydrogen-bond acceptors (Lipinski definition) is 5. The maximum atomic E-state index is 11.8. The van der Waals surface area contributed by atoms with Gasteiger partial charge in [0.2, 0.25) is 5.88 Å². The predicted octanol–water partition coefficient (Wildman–Crippen LogP) is 2.58. The number of benzene rings is 1. The Balaban J connectivity index is 2.50. The van der Waals surface area contributed by atoms with Crippen LogP contribution < -0.4 is 4.74 Å². The molecule has 0 unspecified atom stereocenters. The molecule has 2 aromatic rings. The third kappa shape index (κ3) is 2.83. The predicted molar refractivity (Wildman–Crippen MR) is 75.8 cm³/mol. The Hall–Kier alpha value is -2.52. The molecule has 1 aromatic heterocycles. The van der Waals surface area contributed by atoms with Gasteiger partial charge >= 0.3 is 5.97 Å². The SMILES string of the molecule is CCOC(=O)c1nn(-c2ccc(C#N)cc2)c(OC)c1Cl. The second-order valence-electron chi connectivity index (χ2n) is 3.96. The van der Waals surface area contributed by atoms with Gasteiger partial charge in [0, 0.05) is 0 Å². The molecule has 0 saturated heterocycles. The van der Waals surface area contributed by atoms with Gasteiger partial charge in [-0.05, 0) is 31.2 Å². The zero-order chi connectivity index (χ0) is 15.4. The summed E-state index contributed by atoms with van der Waals surface area (Å²) in [6.07, 6.45) is 0. The van der Waals surface area contributed by atoms with Crippen molar-refractivity contribution >= 4 is 17.6 Å². The van der Waals surface area contributed by atoms with E-state index in [-0.39, 0.29) is 23.2 Å². The van der Waals surface area contributed by atoms with E-state index in [1.54, 1.807) is 31.2 Å². The molecule has 0 radical (unpaired) electrons. The highest BCUT2D eigenvalue weighted by atomic mass is 35.5. The van der Waals surface area contributed by atoms with Gasteiger partial charge in [0.25, 0.3) is 0 Å². The highest BCUT2D eigenvalue weighted by molar-refractivity contribution is 6.34. The van der Waals surface area contributed by atoms with E-state index in [4.69, 9.17) is 26.3 Å². The van der Waals surface area contributed by atoms with Gasteiger partial charge in [0.05, 0.1) is 31.0 Å². The zero-order valence-electron chi connectivity index (χ0n) is 11.5. The number of carbonyl (C=O) groups excluding carboxylic acids is 1. The molecule has 0 aliphatic rings. The fourth-order valence-corrected chi connectivity index (χ4v) is 2.01. The molecule has 0 amide bonds. The van der Waals surface area contributed by atoms with E-state index in [1.165, 1.54) is 11.8 Å². The van der Waals surface area contributed by atoms with Gasteiger partial charge in [-0.1, -0.05) is 11.6 Å². The molecule has 6 nitrogen and oxygen atoms in total. The van der Waals surface area contributed by atoms with Crippen LogP contribution >= 0.6 is 11.6 Å². The lowest BCUT2D eigenvalue weighted by atomic mass is 10.2. The van der Waals surface area contributed by atoms with E-state index in [2.05, 4.69) is 5.10 Å². The summed E-state index contributed by atoms with van der Waals surface area (Å²) in [5, 5.41) is 13.0. The van der Waals surface area contributed by atoms with Gasteiger partial charge in [-0.15, -0.1) is 0 Å². The third-order valence-electron chi connectivity index (χ3n) is 2.69. The molecule has 0 bridgehead atoms. The lowest BCUT2D eigenvalue weighted by Crippen LogP contribution is -2.07. The van der Waals surface area contributed by atoms with Crippen molar-refractivity contribution in [3.8, 4) is 17.6 Å². The maximum absolute atomic E-state index is 11.8. The van der Waals surface area contributed by atoms with Crippen molar-refractivity contribution in [3.63, 3.8) is 0 Å². The number of rotatable bonds is 4. The van der Waals surface area contributed by atoms with E-state index >= 15 is 0 Å². The van der Waals surface area contributed by atoms with Gasteiger partial charge in [0.15, 0.2) is 5.69 Å². The van der Waals surface area contributed by atoms with E-state index in [9.17, 15) is 4.79 Å². The van der Waals surface area contributed by atoms with Crippen molar-refractivity contribution in [2.75, 3.05) is 13.7 Å². The van der Waals surface area contributed by atoms with E-state index in [1.807, 2.05) is 6.07 Å². The summed E-state index contributed by atoms with van der Waals surface area (Å²) >= 11 is 6.11. The molecule has 0 spiro atoms. The summed E-state index contributed by atoms with van der Waals surface area (Å²) in [7, 11) is 1.43. The lowest BCUT2D eigenvalue weighted by Gasteiger charge is -2.05. The third-order valence-corrected chi connectivity index (χ3v) is 3.03. The summed E-state index contributed by atoms with van der Waals surface area (Å²) in [5.74, 6) is -0.391. The highest BCUT2D eigenvalue weighted by Crippen LogP contribution is 2.31. The number of methoxy groups -OCH3 is 1. The van der Waals surface area contributed by atoms with Crippen LogP contribution in [0.1, 0.15) is 23.0 Å². The molecule has 0 aliphatic carbocycles. The van der Waals surface area contributed by atoms with Crippen LogP contribution in [0.3, 0.4) is 0 Å². The Bertz CT molecular complexity index is 701. The number of halogens is 1. The van der Waals surface area contributed by atoms with Crippen LogP contribution in [-0.4, -0.2) is 29.5 Å². The van der Waals surface area contributed by atoms with Gasteiger partial charge in [-0.3, -0.25) is 0 Å². The first-order valence-electron chi connectivity index (χ1n) is 6.12. The molecule has 1 aromatic carbocycles. The van der Waals surface area contributed by atoms with Crippen molar-refractivity contribution < 1.29 is 14.3 Å². The second-order valence-corrected chi connectivity index (χ2v) is 4.34. The quantitative estimate of drug-likeness (QED) is 0.811. The molecule has 108 valence electrons. The first-order chi connectivity index (χ1) is 10.1. The first-order valence-corrected chi connectivity index (χ1v) is 6.50. The van der Waals surface area contributed by atoms with Crippen LogP contribution in [0.2, 0.25) is 5.02 Å². The molecule has 0 saturated carbocycles. The van der Waals surface area contributed by atoms with Gasteiger partial charge < -0.3 is 9.47 Å². The zero-order valence-corrected chi connectivity index (χ0v) is 12.2. The minimum atomic E-state index is -0.617. The molecule has 1 heterocycles. The minimum Gasteiger partial charge on any atom is -0.480 e. The number of hydrogen-bond donors (Lipinski definition) is 0. The Kier molecular flexibility index (Phi) is 4.45. The molecule has 0 fully saturated rings. The van der Waals surface area contributed by atoms with E-state index in [0.29, 0.717) is 11.3 Å². The standard InChI is InChI=1S/C14H12ClN3O3/c1-3-21-14(19)12-11(15)13(20-2)18(17-12)10-6-4-9(8-16)5-7-10/h4-7H,3H2,1-2H3. The highest BCUT2D eigenvalue weighted by Gasteiger charge is 2.24. The average Bonchev–Trinajstić information content (AvgIpc) is 2.84. The van der Waals surface area contributed by atoms with Crippen LogP contribution in [0.15, 0.2) is 24.3 Å². The first kappa shape index (κ1) is 14.9. The molecular weight excluding hydrogens is 294 g/mol. The van der Waals surface area contributed by atoms with Crippen LogP contribution in [0.25, 0.3) is 5.69 Å².